The molecule has 5 aromatic rings. The second-order valence-corrected chi connectivity index (χ2v) is 11.9. The van der Waals surface area contributed by atoms with Gasteiger partial charge in [-0.1, -0.05) is 25.1 Å². The molecule has 1 aromatic carbocycles. The van der Waals surface area contributed by atoms with Crippen molar-refractivity contribution in [1.82, 2.24) is 19.9 Å². The molecule has 0 unspecified atom stereocenters. The molecule has 2 atom stereocenters. The zero-order valence-electron chi connectivity index (χ0n) is 22.7. The van der Waals surface area contributed by atoms with E-state index in [1.165, 1.54) is 17.4 Å². The number of hydrogen-bond donors (Lipinski definition) is 3. The molecule has 1 aliphatic heterocycles. The Hall–Kier alpha value is -4.76. The van der Waals surface area contributed by atoms with E-state index in [-0.39, 0.29) is 28.9 Å². The number of thiophene rings is 1. The number of hydrogen-bond acceptors (Lipinski definition) is 5. The van der Waals surface area contributed by atoms with Crippen LogP contribution in [0.3, 0.4) is 0 Å². The number of ketones is 1. The van der Waals surface area contributed by atoms with Gasteiger partial charge in [0, 0.05) is 57.9 Å². The minimum absolute atomic E-state index is 0.0359. The van der Waals surface area contributed by atoms with Gasteiger partial charge in [-0.05, 0) is 60.5 Å². The predicted octanol–water partition coefficient (Wildman–Crippen LogP) is 6.20. The van der Waals surface area contributed by atoms with Crippen LogP contribution in [0.15, 0.2) is 72.0 Å². The van der Waals surface area contributed by atoms with Gasteiger partial charge in [0.05, 0.1) is 16.8 Å². The molecular formula is C32H27N5O3S. The average molecular weight is 562 g/mol. The van der Waals surface area contributed by atoms with E-state index in [0.29, 0.717) is 23.6 Å². The number of nitrogens with zero attached hydrogens (tertiary/aromatic N) is 2. The fourth-order valence-corrected chi connectivity index (χ4v) is 7.31. The summed E-state index contributed by atoms with van der Waals surface area (Å²) in [4.78, 5) is 52.6. The van der Waals surface area contributed by atoms with Crippen LogP contribution in [0.5, 0.6) is 0 Å². The molecule has 2 amide bonds. The van der Waals surface area contributed by atoms with Crippen LogP contribution in [0.1, 0.15) is 50.7 Å². The van der Waals surface area contributed by atoms with Crippen molar-refractivity contribution in [1.29, 1.82) is 0 Å². The molecule has 7 rings (SSSR count). The maximum Gasteiger partial charge on any atom is 0.272 e. The number of carbonyl (C=O) groups is 3. The van der Waals surface area contributed by atoms with Crippen LogP contribution in [0.4, 0.5) is 5.69 Å². The first-order valence-corrected chi connectivity index (χ1v) is 14.3. The summed E-state index contributed by atoms with van der Waals surface area (Å²) >= 11 is 1.48. The van der Waals surface area contributed by atoms with Crippen molar-refractivity contribution in [3.63, 3.8) is 0 Å². The molecule has 1 saturated heterocycles. The third-order valence-electron chi connectivity index (χ3n) is 8.52. The smallest absolute Gasteiger partial charge is 0.272 e. The second-order valence-electron chi connectivity index (χ2n) is 11.0. The molecule has 1 fully saturated rings. The number of aromatic amines is 2. The molecule has 2 aliphatic rings. The number of aromatic nitrogens is 3. The average Bonchev–Trinajstić information content (AvgIpc) is 3.73. The summed E-state index contributed by atoms with van der Waals surface area (Å²) in [6.07, 6.45) is 8.31. The van der Waals surface area contributed by atoms with Crippen molar-refractivity contribution < 1.29 is 14.4 Å². The van der Waals surface area contributed by atoms with Gasteiger partial charge in [0.25, 0.3) is 11.8 Å². The zero-order chi connectivity index (χ0) is 28.5. The SMILES string of the molecule is Cc1csc2c1[C@@]1(C)C(=CC2=O)N(C(=O)/C=C/c2c[nH]c3ncc(NC(=O)c4cc5ccccc5[nH]4)cc23)C[C@@H]1C. The molecule has 0 spiro atoms. The topological polar surface area (TPSA) is 111 Å². The van der Waals surface area contributed by atoms with E-state index >= 15 is 0 Å². The molecule has 5 heterocycles. The Bertz CT molecular complexity index is 1940. The van der Waals surface area contributed by atoms with E-state index in [9.17, 15) is 14.4 Å². The summed E-state index contributed by atoms with van der Waals surface area (Å²) in [5.41, 5.74) is 5.83. The van der Waals surface area contributed by atoms with Gasteiger partial charge in [0.15, 0.2) is 5.78 Å². The number of nitrogens with one attached hydrogen (secondary N) is 3. The van der Waals surface area contributed by atoms with Crippen LogP contribution < -0.4 is 5.32 Å². The summed E-state index contributed by atoms with van der Waals surface area (Å²) in [5, 5.41) is 6.67. The molecule has 0 saturated carbocycles. The minimum Gasteiger partial charge on any atom is -0.351 e. The van der Waals surface area contributed by atoms with E-state index in [4.69, 9.17) is 0 Å². The molecule has 41 heavy (non-hydrogen) atoms. The third-order valence-corrected chi connectivity index (χ3v) is 9.63. The van der Waals surface area contributed by atoms with Gasteiger partial charge in [-0.15, -0.1) is 11.3 Å². The summed E-state index contributed by atoms with van der Waals surface area (Å²) in [5.74, 6) is -0.324. The summed E-state index contributed by atoms with van der Waals surface area (Å²) in [7, 11) is 0. The van der Waals surface area contributed by atoms with E-state index in [1.807, 2.05) is 48.7 Å². The maximum atomic E-state index is 13.5. The lowest BCUT2D eigenvalue weighted by molar-refractivity contribution is -0.123. The molecular weight excluding hydrogens is 534 g/mol. The zero-order valence-corrected chi connectivity index (χ0v) is 23.6. The number of allylic oxidation sites excluding steroid dienone is 2. The van der Waals surface area contributed by atoms with Crippen LogP contribution >= 0.6 is 11.3 Å². The van der Waals surface area contributed by atoms with Gasteiger partial charge in [-0.3, -0.25) is 14.4 Å². The van der Waals surface area contributed by atoms with Gasteiger partial charge in [-0.25, -0.2) is 4.98 Å². The number of benzene rings is 1. The first-order chi connectivity index (χ1) is 19.7. The lowest BCUT2D eigenvalue weighted by Crippen LogP contribution is -2.35. The monoisotopic (exact) mass is 561 g/mol. The maximum absolute atomic E-state index is 13.5. The van der Waals surface area contributed by atoms with Crippen LogP contribution in [0.25, 0.3) is 28.0 Å². The Balaban J connectivity index is 1.14. The van der Waals surface area contributed by atoms with E-state index in [0.717, 1.165) is 43.6 Å². The molecule has 204 valence electrons. The van der Waals surface area contributed by atoms with Crippen LogP contribution in [-0.2, 0) is 10.2 Å². The molecule has 0 bridgehead atoms. The Kier molecular flexibility index (Phi) is 5.62. The predicted molar refractivity (Wildman–Crippen MR) is 161 cm³/mol. The summed E-state index contributed by atoms with van der Waals surface area (Å²) < 4.78 is 0. The molecule has 4 aromatic heterocycles. The number of fused-ring (bicyclic) bond motifs is 5. The second kappa shape index (κ2) is 9.14. The minimum atomic E-state index is -0.389. The number of amides is 2. The van der Waals surface area contributed by atoms with Crippen LogP contribution in [0, 0.1) is 12.8 Å². The lowest BCUT2D eigenvalue weighted by Gasteiger charge is -2.34. The fourth-order valence-electron chi connectivity index (χ4n) is 6.23. The van der Waals surface area contributed by atoms with Gasteiger partial charge in [-0.2, -0.15) is 0 Å². The normalized spacial score (nSPS) is 20.1. The van der Waals surface area contributed by atoms with Crippen molar-refractivity contribution >= 4 is 62.6 Å². The van der Waals surface area contributed by atoms with Crippen molar-refractivity contribution in [3.8, 4) is 0 Å². The van der Waals surface area contributed by atoms with Crippen LogP contribution in [0.2, 0.25) is 0 Å². The van der Waals surface area contributed by atoms with Crippen molar-refractivity contribution in [3.05, 3.63) is 99.3 Å². The Morgan fingerprint density at radius 1 is 1.24 bits per heavy atom. The molecule has 0 radical (unpaired) electrons. The van der Waals surface area contributed by atoms with Crippen LogP contribution in [-0.4, -0.2) is 44.0 Å². The Labute approximate surface area is 239 Å². The largest absolute Gasteiger partial charge is 0.351 e. The number of para-hydroxylation sites is 1. The first-order valence-electron chi connectivity index (χ1n) is 13.4. The highest BCUT2D eigenvalue weighted by atomic mass is 32.1. The first kappa shape index (κ1) is 25.2. The van der Waals surface area contributed by atoms with Gasteiger partial charge in [0.2, 0.25) is 0 Å². The van der Waals surface area contributed by atoms with Gasteiger partial charge < -0.3 is 20.2 Å². The number of pyridine rings is 1. The number of H-pyrrole nitrogens is 2. The lowest BCUT2D eigenvalue weighted by atomic mass is 9.69. The van der Waals surface area contributed by atoms with E-state index in [1.54, 1.807) is 29.4 Å². The van der Waals surface area contributed by atoms with Crippen molar-refractivity contribution in [2.45, 2.75) is 26.2 Å². The molecule has 9 heteroatoms. The number of likely N-dealkylation sites (tertiary alicyclic amines) is 1. The summed E-state index contributed by atoms with van der Waals surface area (Å²) in [6.45, 7) is 6.85. The molecule has 3 N–H and O–H groups in total. The highest BCUT2D eigenvalue weighted by molar-refractivity contribution is 7.12. The number of rotatable bonds is 4. The quantitative estimate of drug-likeness (QED) is 0.227. The molecule has 8 nitrogen and oxygen atoms in total. The highest BCUT2D eigenvalue weighted by Gasteiger charge is 2.52. The summed E-state index contributed by atoms with van der Waals surface area (Å²) in [6, 6.07) is 11.4. The Morgan fingerprint density at radius 3 is 2.90 bits per heavy atom. The number of aryl methyl sites for hydroxylation is 1. The number of anilines is 1. The Morgan fingerprint density at radius 2 is 2.07 bits per heavy atom. The van der Waals surface area contributed by atoms with Crippen molar-refractivity contribution in [2.75, 3.05) is 11.9 Å². The van der Waals surface area contributed by atoms with Gasteiger partial charge in [0.1, 0.15) is 11.3 Å². The standard InChI is InChI=1S/C32H27N5O3S/c1-17-16-41-29-25(38)12-26-32(3,28(17)29)18(2)15-37(26)27(39)9-8-20-13-33-30-22(20)11-21(14-34-30)35-31(40)24-10-19-6-4-5-7-23(19)36-24/h4-14,16,18,36H,15H2,1-3H3,(H,33,34)(H,35,40)/b9-8+/t18-,32+/m0/s1. The number of carbonyl (C=O) groups excluding carboxylic acids is 3. The van der Waals surface area contributed by atoms with Gasteiger partial charge >= 0.3 is 0 Å². The third kappa shape index (κ3) is 3.88. The fraction of sp³-hybridized carbons (Fsp3) is 0.188. The van der Waals surface area contributed by atoms with E-state index < -0.39 is 0 Å². The van der Waals surface area contributed by atoms with E-state index in [2.05, 4.69) is 34.1 Å². The highest BCUT2D eigenvalue weighted by Crippen LogP contribution is 2.52. The van der Waals surface area contributed by atoms with Crippen molar-refractivity contribution in [2.24, 2.45) is 5.92 Å². The molecule has 1 aliphatic carbocycles.